The molecule has 23 heavy (non-hydrogen) atoms. The third kappa shape index (κ3) is 2.57. The molecule has 0 aliphatic carbocycles. The molecule has 122 valence electrons. The van der Waals surface area contributed by atoms with Crippen molar-refractivity contribution in [3.8, 4) is 0 Å². The summed E-state index contributed by atoms with van der Waals surface area (Å²) in [6.07, 6.45) is 0. The highest BCUT2D eigenvalue weighted by atomic mass is 32.1. The highest BCUT2D eigenvalue weighted by Crippen LogP contribution is 2.49. The van der Waals surface area contributed by atoms with Crippen LogP contribution in [0.5, 0.6) is 0 Å². The lowest BCUT2D eigenvalue weighted by atomic mass is 9.71. The van der Waals surface area contributed by atoms with Crippen molar-refractivity contribution in [3.05, 3.63) is 34.1 Å². The Hall–Kier alpha value is -1.73. The Morgan fingerprint density at radius 1 is 1.48 bits per heavy atom. The minimum atomic E-state index is 0.0562. The molecule has 1 spiro atoms. The minimum absolute atomic E-state index is 0.0562. The summed E-state index contributed by atoms with van der Waals surface area (Å²) < 4.78 is 5.43. The van der Waals surface area contributed by atoms with Crippen molar-refractivity contribution in [2.75, 3.05) is 26.2 Å². The maximum atomic E-state index is 11.8. The molecule has 2 aliphatic heterocycles. The van der Waals surface area contributed by atoms with E-state index in [1.165, 1.54) is 5.56 Å². The van der Waals surface area contributed by atoms with Gasteiger partial charge in [-0.2, -0.15) is 16.3 Å². The highest BCUT2D eigenvalue weighted by molar-refractivity contribution is 7.07. The van der Waals surface area contributed by atoms with Crippen LogP contribution >= 0.6 is 11.3 Å². The van der Waals surface area contributed by atoms with Crippen LogP contribution in [0.4, 0.5) is 0 Å². The van der Waals surface area contributed by atoms with E-state index < -0.39 is 0 Å². The lowest BCUT2D eigenvalue weighted by Crippen LogP contribution is -2.59. The SMILES string of the molecule is CC(=O)N1CC(c2nc(C)no2)C2(CN(Cc3ccsc3)C2)C1. The van der Waals surface area contributed by atoms with Gasteiger partial charge < -0.3 is 9.42 Å². The molecular weight excluding hydrogens is 312 g/mol. The second kappa shape index (κ2) is 5.42. The summed E-state index contributed by atoms with van der Waals surface area (Å²) in [4.78, 5) is 20.6. The van der Waals surface area contributed by atoms with E-state index >= 15 is 0 Å². The van der Waals surface area contributed by atoms with Crippen molar-refractivity contribution in [2.24, 2.45) is 5.41 Å². The topological polar surface area (TPSA) is 62.5 Å². The molecule has 0 bridgehead atoms. The molecular formula is C16H20N4O2S. The van der Waals surface area contributed by atoms with Crippen LogP contribution in [-0.4, -0.2) is 52.0 Å². The van der Waals surface area contributed by atoms with E-state index in [0.717, 1.165) is 26.2 Å². The van der Waals surface area contributed by atoms with Crippen LogP contribution in [0.25, 0.3) is 0 Å². The Morgan fingerprint density at radius 2 is 2.30 bits per heavy atom. The molecule has 2 aromatic heterocycles. The second-order valence-corrected chi connectivity index (χ2v) is 7.55. The maximum absolute atomic E-state index is 11.8. The van der Waals surface area contributed by atoms with Gasteiger partial charge in [0.15, 0.2) is 5.82 Å². The fraction of sp³-hybridized carbons (Fsp3) is 0.562. The zero-order chi connectivity index (χ0) is 16.0. The zero-order valence-electron chi connectivity index (χ0n) is 13.4. The number of rotatable bonds is 3. The van der Waals surface area contributed by atoms with Crippen LogP contribution in [0.15, 0.2) is 21.3 Å². The van der Waals surface area contributed by atoms with Gasteiger partial charge in [0, 0.05) is 45.1 Å². The Labute approximate surface area is 139 Å². The average Bonchev–Trinajstić information content (AvgIpc) is 3.17. The van der Waals surface area contributed by atoms with Crippen LogP contribution < -0.4 is 0 Å². The van der Waals surface area contributed by atoms with Crippen molar-refractivity contribution < 1.29 is 9.32 Å². The number of hydrogen-bond donors (Lipinski definition) is 0. The van der Waals surface area contributed by atoms with E-state index in [0.29, 0.717) is 18.3 Å². The Morgan fingerprint density at radius 3 is 2.91 bits per heavy atom. The third-order valence-corrected chi connectivity index (χ3v) is 5.73. The van der Waals surface area contributed by atoms with E-state index in [-0.39, 0.29) is 17.2 Å². The summed E-state index contributed by atoms with van der Waals surface area (Å²) in [5.74, 6) is 1.61. The number of aryl methyl sites for hydroxylation is 1. The van der Waals surface area contributed by atoms with Gasteiger partial charge in [-0.1, -0.05) is 5.16 Å². The van der Waals surface area contributed by atoms with E-state index in [2.05, 4.69) is 31.9 Å². The predicted molar refractivity (Wildman–Crippen MR) is 86.1 cm³/mol. The van der Waals surface area contributed by atoms with Crippen molar-refractivity contribution in [1.82, 2.24) is 19.9 Å². The standard InChI is InChI=1S/C16H20N4O2S/c1-11-17-15(22-18-11)14-6-20(12(2)21)10-16(14)8-19(9-16)5-13-3-4-23-7-13/h3-4,7,14H,5-6,8-10H2,1-2H3. The fourth-order valence-electron chi connectivity index (χ4n) is 3.92. The first-order valence-electron chi connectivity index (χ1n) is 7.85. The fourth-order valence-corrected chi connectivity index (χ4v) is 4.58. The van der Waals surface area contributed by atoms with Gasteiger partial charge in [-0.05, 0) is 29.3 Å². The van der Waals surface area contributed by atoms with Gasteiger partial charge >= 0.3 is 0 Å². The number of carbonyl (C=O) groups excluding carboxylic acids is 1. The summed E-state index contributed by atoms with van der Waals surface area (Å²) in [7, 11) is 0. The molecule has 2 saturated heterocycles. The van der Waals surface area contributed by atoms with Crippen LogP contribution in [0, 0.1) is 12.3 Å². The molecule has 7 heteroatoms. The minimum Gasteiger partial charge on any atom is -0.341 e. The number of thiophene rings is 1. The Kier molecular flexibility index (Phi) is 3.50. The number of carbonyl (C=O) groups is 1. The van der Waals surface area contributed by atoms with Gasteiger partial charge in [0.1, 0.15) is 0 Å². The quantitative estimate of drug-likeness (QED) is 0.859. The smallest absolute Gasteiger partial charge is 0.232 e. The van der Waals surface area contributed by atoms with E-state index in [1.54, 1.807) is 18.3 Å². The summed E-state index contributed by atoms with van der Waals surface area (Å²) in [5.41, 5.74) is 1.41. The number of nitrogens with zero attached hydrogens (tertiary/aromatic N) is 4. The van der Waals surface area contributed by atoms with Gasteiger partial charge in [0.25, 0.3) is 0 Å². The Balaban J connectivity index is 1.52. The normalized spacial score (nSPS) is 23.4. The summed E-state index contributed by atoms with van der Waals surface area (Å²) in [6.45, 7) is 7.86. The van der Waals surface area contributed by atoms with Gasteiger partial charge in [0.05, 0.1) is 5.92 Å². The summed E-state index contributed by atoms with van der Waals surface area (Å²) in [5, 5.41) is 8.24. The predicted octanol–water partition coefficient (Wildman–Crippen LogP) is 1.89. The largest absolute Gasteiger partial charge is 0.341 e. The average molecular weight is 332 g/mol. The van der Waals surface area contributed by atoms with Gasteiger partial charge in [-0.15, -0.1) is 0 Å². The van der Waals surface area contributed by atoms with Crippen LogP contribution in [0.1, 0.15) is 30.1 Å². The molecule has 6 nitrogen and oxygen atoms in total. The molecule has 2 aromatic rings. The molecule has 0 N–H and O–H groups in total. The van der Waals surface area contributed by atoms with Crippen molar-refractivity contribution in [2.45, 2.75) is 26.3 Å². The molecule has 1 unspecified atom stereocenters. The van der Waals surface area contributed by atoms with E-state index in [9.17, 15) is 4.79 Å². The highest BCUT2D eigenvalue weighted by Gasteiger charge is 2.56. The lowest BCUT2D eigenvalue weighted by Gasteiger charge is -2.50. The second-order valence-electron chi connectivity index (χ2n) is 6.77. The Bertz CT molecular complexity index is 705. The number of likely N-dealkylation sites (tertiary alicyclic amines) is 2. The van der Waals surface area contributed by atoms with Gasteiger partial charge in [-0.25, -0.2) is 0 Å². The molecule has 1 atom stereocenters. The number of aromatic nitrogens is 2. The first-order chi connectivity index (χ1) is 11.1. The van der Waals surface area contributed by atoms with Gasteiger partial charge in [0.2, 0.25) is 11.8 Å². The summed E-state index contributed by atoms with van der Waals surface area (Å²) >= 11 is 1.73. The van der Waals surface area contributed by atoms with Crippen molar-refractivity contribution in [3.63, 3.8) is 0 Å². The van der Waals surface area contributed by atoms with E-state index in [1.807, 2.05) is 11.8 Å². The molecule has 2 aliphatic rings. The van der Waals surface area contributed by atoms with Crippen molar-refractivity contribution in [1.29, 1.82) is 0 Å². The first-order valence-corrected chi connectivity index (χ1v) is 8.79. The maximum Gasteiger partial charge on any atom is 0.232 e. The van der Waals surface area contributed by atoms with Crippen LogP contribution in [-0.2, 0) is 11.3 Å². The van der Waals surface area contributed by atoms with Crippen LogP contribution in [0.3, 0.4) is 0 Å². The zero-order valence-corrected chi connectivity index (χ0v) is 14.2. The molecule has 2 fully saturated rings. The van der Waals surface area contributed by atoms with Crippen LogP contribution in [0.2, 0.25) is 0 Å². The molecule has 4 rings (SSSR count). The number of amides is 1. The van der Waals surface area contributed by atoms with Gasteiger partial charge in [-0.3, -0.25) is 9.69 Å². The molecule has 1 amide bonds. The molecule has 0 aromatic carbocycles. The monoisotopic (exact) mass is 332 g/mol. The molecule has 0 radical (unpaired) electrons. The number of hydrogen-bond acceptors (Lipinski definition) is 6. The van der Waals surface area contributed by atoms with Crippen molar-refractivity contribution >= 4 is 17.2 Å². The molecule has 0 saturated carbocycles. The lowest BCUT2D eigenvalue weighted by molar-refractivity contribution is -0.128. The molecule has 4 heterocycles. The third-order valence-electron chi connectivity index (χ3n) is 5.00. The summed E-state index contributed by atoms with van der Waals surface area (Å²) in [6, 6.07) is 2.17. The first kappa shape index (κ1) is 14.8. The van der Waals surface area contributed by atoms with E-state index in [4.69, 9.17) is 4.52 Å².